The Hall–Kier alpha value is -2.41. The maximum Gasteiger partial charge on any atom is 0.325 e. The van der Waals surface area contributed by atoms with Crippen molar-refractivity contribution in [3.8, 4) is 17.0 Å². The number of benzene rings is 1. The van der Waals surface area contributed by atoms with Gasteiger partial charge in [-0.3, -0.25) is 14.5 Å². The lowest BCUT2D eigenvalue weighted by atomic mass is 10.1. The van der Waals surface area contributed by atoms with Gasteiger partial charge in [0.2, 0.25) is 0 Å². The zero-order valence-corrected chi connectivity index (χ0v) is 15.5. The molecule has 1 aliphatic heterocycles. The van der Waals surface area contributed by atoms with Crippen molar-refractivity contribution in [2.45, 2.75) is 33.3 Å². The van der Waals surface area contributed by atoms with Crippen LogP contribution in [0.2, 0.25) is 0 Å². The van der Waals surface area contributed by atoms with Crippen molar-refractivity contribution in [3.05, 3.63) is 28.1 Å². The monoisotopic (exact) mass is 360 g/mol. The third kappa shape index (κ3) is 3.24. The summed E-state index contributed by atoms with van der Waals surface area (Å²) in [4.78, 5) is 31.6. The topological polar surface area (TPSA) is 68.7 Å². The smallest absolute Gasteiger partial charge is 0.325 e. The molecule has 1 atom stereocenters. The molecule has 0 N–H and O–H groups in total. The van der Waals surface area contributed by atoms with Crippen LogP contribution in [0.3, 0.4) is 0 Å². The second-order valence-electron chi connectivity index (χ2n) is 5.84. The lowest BCUT2D eigenvalue weighted by molar-refractivity contribution is -0.140. The lowest BCUT2D eigenvalue weighted by Crippen LogP contribution is -2.47. The minimum atomic E-state index is -0.591. The van der Waals surface area contributed by atoms with Crippen LogP contribution in [0.4, 0.5) is 5.69 Å². The van der Waals surface area contributed by atoms with Gasteiger partial charge in [-0.15, -0.1) is 11.3 Å². The molecule has 1 aromatic carbocycles. The standard InChI is InChI=1S/C18H20N2O4S/c1-5-14-18(22)20(9-16(21)23-4)13-8-12(6-7-15(13)24-14)17-10(2)25-11(3)19-17/h6-8,14H,5,9H2,1-4H3. The fraction of sp³-hybridized carbons (Fsp3) is 0.389. The molecule has 7 heteroatoms. The Morgan fingerprint density at radius 1 is 1.40 bits per heavy atom. The average molecular weight is 360 g/mol. The van der Waals surface area contributed by atoms with Crippen LogP contribution < -0.4 is 9.64 Å². The Balaban J connectivity index is 2.07. The van der Waals surface area contributed by atoms with E-state index in [0.29, 0.717) is 17.9 Å². The molecule has 0 radical (unpaired) electrons. The highest BCUT2D eigenvalue weighted by molar-refractivity contribution is 7.11. The van der Waals surface area contributed by atoms with E-state index in [1.165, 1.54) is 12.0 Å². The number of carbonyl (C=O) groups is 2. The third-order valence-corrected chi connectivity index (χ3v) is 5.01. The van der Waals surface area contributed by atoms with Crippen molar-refractivity contribution >= 4 is 28.9 Å². The number of nitrogens with zero attached hydrogens (tertiary/aromatic N) is 2. The number of carbonyl (C=O) groups excluding carboxylic acids is 2. The van der Waals surface area contributed by atoms with Crippen molar-refractivity contribution < 1.29 is 19.1 Å². The summed E-state index contributed by atoms with van der Waals surface area (Å²) < 4.78 is 10.5. The number of amides is 1. The van der Waals surface area contributed by atoms with Crippen molar-refractivity contribution in [3.63, 3.8) is 0 Å². The number of hydrogen-bond acceptors (Lipinski definition) is 6. The van der Waals surface area contributed by atoms with Gasteiger partial charge in [-0.1, -0.05) is 6.92 Å². The van der Waals surface area contributed by atoms with Gasteiger partial charge in [0.15, 0.2) is 6.10 Å². The summed E-state index contributed by atoms with van der Waals surface area (Å²) in [5.41, 5.74) is 2.35. The molecule has 6 nitrogen and oxygen atoms in total. The number of esters is 1. The molecule has 1 unspecified atom stereocenters. The molecule has 0 fully saturated rings. The van der Waals surface area contributed by atoms with Gasteiger partial charge in [-0.2, -0.15) is 0 Å². The Morgan fingerprint density at radius 3 is 2.76 bits per heavy atom. The molecule has 0 aliphatic carbocycles. The van der Waals surface area contributed by atoms with Crippen LogP contribution in [0, 0.1) is 13.8 Å². The molecular weight excluding hydrogens is 340 g/mol. The first-order chi connectivity index (χ1) is 11.9. The van der Waals surface area contributed by atoms with Crippen LogP contribution >= 0.6 is 11.3 Å². The first-order valence-corrected chi connectivity index (χ1v) is 8.89. The molecule has 1 aromatic heterocycles. The van der Waals surface area contributed by atoms with Crippen molar-refractivity contribution in [1.29, 1.82) is 0 Å². The highest BCUT2D eigenvalue weighted by Gasteiger charge is 2.35. The molecule has 0 spiro atoms. The van der Waals surface area contributed by atoms with E-state index in [-0.39, 0.29) is 12.5 Å². The zero-order valence-electron chi connectivity index (χ0n) is 14.7. The molecule has 0 saturated carbocycles. The normalized spacial score (nSPS) is 16.4. The fourth-order valence-corrected chi connectivity index (χ4v) is 3.72. The molecule has 1 amide bonds. The van der Waals surface area contributed by atoms with Gasteiger partial charge in [-0.05, 0) is 38.5 Å². The summed E-state index contributed by atoms with van der Waals surface area (Å²) in [5.74, 6) is -0.116. The maximum atomic E-state index is 12.7. The summed E-state index contributed by atoms with van der Waals surface area (Å²) in [7, 11) is 1.31. The zero-order chi connectivity index (χ0) is 18.1. The number of anilines is 1. The van der Waals surface area contributed by atoms with E-state index < -0.39 is 12.1 Å². The predicted octanol–water partition coefficient (Wildman–Crippen LogP) is 3.10. The van der Waals surface area contributed by atoms with Crippen molar-refractivity contribution in [2.24, 2.45) is 0 Å². The minimum absolute atomic E-state index is 0.138. The predicted molar refractivity (Wildman–Crippen MR) is 96.1 cm³/mol. The quantitative estimate of drug-likeness (QED) is 0.784. The summed E-state index contributed by atoms with van der Waals surface area (Å²) in [6.45, 7) is 5.71. The van der Waals surface area contributed by atoms with Gasteiger partial charge in [-0.25, -0.2) is 4.98 Å². The van der Waals surface area contributed by atoms with Crippen LogP contribution in [-0.4, -0.2) is 36.6 Å². The molecule has 1 aliphatic rings. The molecule has 25 heavy (non-hydrogen) atoms. The summed E-state index contributed by atoms with van der Waals surface area (Å²) in [5, 5.41) is 0.981. The van der Waals surface area contributed by atoms with Crippen LogP contribution in [-0.2, 0) is 14.3 Å². The minimum Gasteiger partial charge on any atom is -0.478 e. The third-order valence-electron chi connectivity index (χ3n) is 4.12. The van der Waals surface area contributed by atoms with Gasteiger partial charge >= 0.3 is 5.97 Å². The van der Waals surface area contributed by atoms with Gasteiger partial charge in [0.25, 0.3) is 5.91 Å². The number of hydrogen-bond donors (Lipinski definition) is 0. The summed E-state index contributed by atoms with van der Waals surface area (Å²) in [6, 6.07) is 5.61. The maximum absolute atomic E-state index is 12.7. The Labute approximate surface area is 150 Å². The van der Waals surface area contributed by atoms with Gasteiger partial charge in [0.05, 0.1) is 23.5 Å². The van der Waals surface area contributed by atoms with Crippen LogP contribution in [0.15, 0.2) is 18.2 Å². The molecule has 0 bridgehead atoms. The average Bonchev–Trinajstić information content (AvgIpc) is 2.94. The Kier molecular flexibility index (Phi) is 4.76. The summed E-state index contributed by atoms with van der Waals surface area (Å²) in [6.07, 6.45) is -0.0616. The fourth-order valence-electron chi connectivity index (χ4n) is 2.88. The molecule has 2 aromatic rings. The highest BCUT2D eigenvalue weighted by Crippen LogP contribution is 2.39. The van der Waals surface area contributed by atoms with Gasteiger partial charge < -0.3 is 9.47 Å². The van der Waals surface area contributed by atoms with E-state index in [0.717, 1.165) is 21.1 Å². The Morgan fingerprint density at radius 2 is 2.16 bits per heavy atom. The van der Waals surface area contributed by atoms with Gasteiger partial charge in [0.1, 0.15) is 12.3 Å². The van der Waals surface area contributed by atoms with Crippen LogP contribution in [0.5, 0.6) is 5.75 Å². The molecule has 132 valence electrons. The number of aromatic nitrogens is 1. The SMILES string of the molecule is CCC1Oc2ccc(-c3nc(C)sc3C)cc2N(CC(=O)OC)C1=O. The number of aryl methyl sites for hydroxylation is 2. The van der Waals surface area contributed by atoms with E-state index >= 15 is 0 Å². The van der Waals surface area contributed by atoms with Crippen LogP contribution in [0.1, 0.15) is 23.2 Å². The number of rotatable bonds is 4. The molecule has 0 saturated heterocycles. The van der Waals surface area contributed by atoms with E-state index in [9.17, 15) is 9.59 Å². The van der Waals surface area contributed by atoms with E-state index in [2.05, 4.69) is 4.98 Å². The summed E-state index contributed by atoms with van der Waals surface area (Å²) >= 11 is 1.62. The number of thiazole rings is 1. The largest absolute Gasteiger partial charge is 0.478 e. The van der Waals surface area contributed by atoms with E-state index in [4.69, 9.17) is 9.47 Å². The van der Waals surface area contributed by atoms with E-state index in [1.807, 2.05) is 39.0 Å². The molecule has 2 heterocycles. The lowest BCUT2D eigenvalue weighted by Gasteiger charge is -2.33. The number of ether oxygens (including phenoxy) is 2. The highest BCUT2D eigenvalue weighted by atomic mass is 32.1. The number of methoxy groups -OCH3 is 1. The van der Waals surface area contributed by atoms with Gasteiger partial charge in [0, 0.05) is 10.4 Å². The first kappa shape index (κ1) is 17.4. The molecule has 3 rings (SSSR count). The first-order valence-electron chi connectivity index (χ1n) is 8.07. The van der Waals surface area contributed by atoms with Crippen molar-refractivity contribution in [2.75, 3.05) is 18.6 Å². The second kappa shape index (κ2) is 6.84. The second-order valence-corrected chi connectivity index (χ2v) is 7.24. The van der Waals surface area contributed by atoms with Crippen LogP contribution in [0.25, 0.3) is 11.3 Å². The molecular formula is C18H20N2O4S. The Bertz CT molecular complexity index is 830. The van der Waals surface area contributed by atoms with Crippen molar-refractivity contribution in [1.82, 2.24) is 4.98 Å². The number of fused-ring (bicyclic) bond motifs is 1. The van der Waals surface area contributed by atoms with E-state index in [1.54, 1.807) is 11.3 Å².